The maximum absolute atomic E-state index is 13.5. The van der Waals surface area contributed by atoms with E-state index in [1.807, 2.05) is 26.0 Å². The molecule has 9 nitrogen and oxygen atoms in total. The SMILES string of the molecule is CC.CC(C)S(=O)(=O)NC(=O)C1CCC(OC2CCN(c3ccc(-c4nc5ccc(F)cc5[nH]4)cn3)CC2)CC1. The molecule has 11 heteroatoms. The normalized spacial score (nSPS) is 20.3. The Balaban J connectivity index is 0.00000181. The van der Waals surface area contributed by atoms with Gasteiger partial charge in [-0.15, -0.1) is 0 Å². The Morgan fingerprint density at radius 2 is 1.73 bits per heavy atom. The summed E-state index contributed by atoms with van der Waals surface area (Å²) in [5.41, 5.74) is 2.21. The molecule has 1 saturated heterocycles. The van der Waals surface area contributed by atoms with Gasteiger partial charge in [-0.25, -0.2) is 22.8 Å². The second kappa shape index (κ2) is 13.1. The third-order valence-corrected chi connectivity index (χ3v) is 9.25. The summed E-state index contributed by atoms with van der Waals surface area (Å²) in [6, 6.07) is 8.44. The number of carbonyl (C=O) groups excluding carboxylic acids is 1. The lowest BCUT2D eigenvalue weighted by atomic mass is 9.87. The van der Waals surface area contributed by atoms with E-state index >= 15 is 0 Å². The van der Waals surface area contributed by atoms with Gasteiger partial charge in [0.1, 0.15) is 17.5 Å². The number of imidazole rings is 1. The number of benzene rings is 1. The van der Waals surface area contributed by atoms with Crippen LogP contribution in [0.5, 0.6) is 0 Å². The van der Waals surface area contributed by atoms with Gasteiger partial charge in [-0.1, -0.05) is 13.8 Å². The molecule has 1 saturated carbocycles. The molecule has 3 heterocycles. The number of aromatic nitrogens is 3. The highest BCUT2D eigenvalue weighted by molar-refractivity contribution is 7.90. The summed E-state index contributed by atoms with van der Waals surface area (Å²) < 4.78 is 46.0. The van der Waals surface area contributed by atoms with Gasteiger partial charge in [0, 0.05) is 30.8 Å². The van der Waals surface area contributed by atoms with Gasteiger partial charge in [-0.3, -0.25) is 9.52 Å². The number of anilines is 1. The number of sulfonamides is 1. The fraction of sp³-hybridized carbons (Fsp3) is 0.552. The molecule has 1 aromatic carbocycles. The molecule has 2 fully saturated rings. The van der Waals surface area contributed by atoms with Gasteiger partial charge in [0.2, 0.25) is 15.9 Å². The van der Waals surface area contributed by atoms with E-state index in [9.17, 15) is 17.6 Å². The van der Waals surface area contributed by atoms with Gasteiger partial charge in [0.05, 0.1) is 28.5 Å². The number of ether oxygens (including phenoxy) is 1. The Hall–Kier alpha value is -3.05. The van der Waals surface area contributed by atoms with Crippen LogP contribution in [0, 0.1) is 11.7 Å². The lowest BCUT2D eigenvalue weighted by molar-refractivity contribution is -0.125. The van der Waals surface area contributed by atoms with Gasteiger partial charge in [-0.2, -0.15) is 0 Å². The number of nitrogens with one attached hydrogen (secondary N) is 2. The summed E-state index contributed by atoms with van der Waals surface area (Å²) in [7, 11) is -3.59. The Morgan fingerprint density at radius 1 is 1.05 bits per heavy atom. The monoisotopic (exact) mass is 573 g/mol. The minimum atomic E-state index is -3.59. The van der Waals surface area contributed by atoms with Gasteiger partial charge in [0.25, 0.3) is 0 Å². The molecule has 0 atom stereocenters. The number of H-pyrrole nitrogens is 1. The lowest BCUT2D eigenvalue weighted by Crippen LogP contribution is -2.42. The zero-order valence-corrected chi connectivity index (χ0v) is 24.5. The average molecular weight is 574 g/mol. The molecule has 0 bridgehead atoms. The largest absolute Gasteiger partial charge is 0.375 e. The number of rotatable bonds is 7. The van der Waals surface area contributed by atoms with Crippen LogP contribution in [0.1, 0.15) is 66.2 Å². The number of fused-ring (bicyclic) bond motifs is 1. The highest BCUT2D eigenvalue weighted by atomic mass is 32.2. The number of piperidine rings is 1. The van der Waals surface area contributed by atoms with Crippen LogP contribution < -0.4 is 9.62 Å². The fourth-order valence-electron chi connectivity index (χ4n) is 5.13. The van der Waals surface area contributed by atoms with Gasteiger partial charge < -0.3 is 14.6 Å². The summed E-state index contributed by atoms with van der Waals surface area (Å²) in [6.45, 7) is 8.80. The third kappa shape index (κ3) is 7.17. The Kier molecular flexibility index (Phi) is 9.78. The van der Waals surface area contributed by atoms with Crippen molar-refractivity contribution in [2.24, 2.45) is 5.92 Å². The molecule has 218 valence electrons. The lowest BCUT2D eigenvalue weighted by Gasteiger charge is -2.36. The number of aromatic amines is 1. The van der Waals surface area contributed by atoms with Crippen molar-refractivity contribution in [3.63, 3.8) is 0 Å². The van der Waals surface area contributed by atoms with Gasteiger partial charge >= 0.3 is 0 Å². The van der Waals surface area contributed by atoms with Crippen molar-refractivity contribution in [3.05, 3.63) is 42.3 Å². The predicted molar refractivity (Wildman–Crippen MR) is 155 cm³/mol. The second-order valence-electron chi connectivity index (χ2n) is 10.5. The van der Waals surface area contributed by atoms with Crippen LogP contribution in [-0.4, -0.2) is 59.8 Å². The summed E-state index contributed by atoms with van der Waals surface area (Å²) in [5.74, 6) is 0.587. The van der Waals surface area contributed by atoms with Crippen molar-refractivity contribution in [2.75, 3.05) is 18.0 Å². The van der Waals surface area contributed by atoms with Crippen LogP contribution in [0.4, 0.5) is 10.2 Å². The molecule has 0 spiro atoms. The number of hydrogen-bond donors (Lipinski definition) is 2. The number of nitrogens with zero attached hydrogens (tertiary/aromatic N) is 3. The molecule has 1 aliphatic heterocycles. The van der Waals surface area contributed by atoms with Gasteiger partial charge in [-0.05, 0) is 82.7 Å². The fourth-order valence-corrected chi connectivity index (χ4v) is 5.81. The predicted octanol–water partition coefficient (Wildman–Crippen LogP) is 5.19. The number of amides is 1. The van der Waals surface area contributed by atoms with Crippen LogP contribution in [0.2, 0.25) is 0 Å². The van der Waals surface area contributed by atoms with E-state index in [1.165, 1.54) is 12.1 Å². The van der Waals surface area contributed by atoms with Crippen LogP contribution in [0.3, 0.4) is 0 Å². The molecule has 2 aromatic heterocycles. The van der Waals surface area contributed by atoms with Crippen LogP contribution in [0.15, 0.2) is 36.5 Å². The summed E-state index contributed by atoms with van der Waals surface area (Å²) in [5, 5.41) is -0.631. The first-order valence-electron chi connectivity index (χ1n) is 14.3. The molecule has 2 aliphatic rings. The number of carbonyl (C=O) groups is 1. The zero-order valence-electron chi connectivity index (χ0n) is 23.7. The third-order valence-electron chi connectivity index (χ3n) is 7.52. The van der Waals surface area contributed by atoms with Crippen molar-refractivity contribution in [1.82, 2.24) is 19.7 Å². The highest BCUT2D eigenvalue weighted by Crippen LogP contribution is 2.30. The molecule has 1 amide bonds. The highest BCUT2D eigenvalue weighted by Gasteiger charge is 2.32. The molecule has 40 heavy (non-hydrogen) atoms. The first-order valence-corrected chi connectivity index (χ1v) is 15.8. The summed E-state index contributed by atoms with van der Waals surface area (Å²) in [4.78, 5) is 26.9. The second-order valence-corrected chi connectivity index (χ2v) is 12.7. The van der Waals surface area contributed by atoms with E-state index < -0.39 is 21.2 Å². The van der Waals surface area contributed by atoms with E-state index in [2.05, 4.69) is 24.6 Å². The Labute approximate surface area is 236 Å². The molecule has 5 rings (SSSR count). The average Bonchev–Trinajstić information content (AvgIpc) is 3.38. The molecule has 3 aromatic rings. The molecular formula is C29H40FN5O4S. The number of hydrogen-bond acceptors (Lipinski definition) is 7. The van der Waals surface area contributed by atoms with E-state index in [4.69, 9.17) is 4.74 Å². The first kappa shape index (κ1) is 29.9. The summed E-state index contributed by atoms with van der Waals surface area (Å²) in [6.07, 6.45) is 6.64. The van der Waals surface area contributed by atoms with Crippen molar-refractivity contribution in [3.8, 4) is 11.4 Å². The number of pyridine rings is 1. The van der Waals surface area contributed by atoms with Crippen LogP contribution >= 0.6 is 0 Å². The number of halogens is 1. The van der Waals surface area contributed by atoms with E-state index in [0.29, 0.717) is 29.7 Å². The minimum Gasteiger partial charge on any atom is -0.375 e. The van der Waals surface area contributed by atoms with Crippen molar-refractivity contribution >= 4 is 32.8 Å². The Bertz CT molecular complexity index is 1380. The van der Waals surface area contributed by atoms with E-state index in [1.54, 1.807) is 26.1 Å². The van der Waals surface area contributed by atoms with Crippen molar-refractivity contribution in [2.45, 2.75) is 83.7 Å². The van der Waals surface area contributed by atoms with Crippen molar-refractivity contribution in [1.29, 1.82) is 0 Å². The first-order chi connectivity index (χ1) is 19.2. The molecule has 2 N–H and O–H groups in total. The van der Waals surface area contributed by atoms with Gasteiger partial charge in [0.15, 0.2) is 0 Å². The summed E-state index contributed by atoms with van der Waals surface area (Å²) >= 11 is 0. The maximum atomic E-state index is 13.5. The Morgan fingerprint density at radius 3 is 2.35 bits per heavy atom. The quantitative estimate of drug-likeness (QED) is 0.400. The standard InChI is InChI=1S/C27H34FN5O4S.C2H6/c1-17(2)38(35,36)32-27(34)18-3-7-21(8-4-18)37-22-11-13-33(14-12-22)25-10-5-19(16-29-25)26-30-23-9-6-20(28)15-24(23)31-26;1-2/h5-6,9-10,15-18,21-22H,3-4,7-8,11-14H2,1-2H3,(H,30,31)(H,32,34);1-2H3. The minimum absolute atomic E-state index is 0.104. The maximum Gasteiger partial charge on any atom is 0.237 e. The smallest absolute Gasteiger partial charge is 0.237 e. The van der Waals surface area contributed by atoms with Crippen LogP contribution in [0.25, 0.3) is 22.4 Å². The molecular weight excluding hydrogens is 533 g/mol. The van der Waals surface area contributed by atoms with E-state index in [-0.39, 0.29) is 23.9 Å². The van der Waals surface area contributed by atoms with E-state index in [0.717, 1.165) is 50.2 Å². The molecule has 0 radical (unpaired) electrons. The topological polar surface area (TPSA) is 117 Å². The van der Waals surface area contributed by atoms with Crippen LogP contribution in [-0.2, 0) is 19.6 Å². The zero-order chi connectivity index (χ0) is 28.9. The molecule has 1 aliphatic carbocycles. The molecule has 0 unspecified atom stereocenters. The van der Waals surface area contributed by atoms with Crippen molar-refractivity contribution < 1.29 is 22.3 Å².